The number of aliphatic hydroxyl groups is 3. The molecule has 5 heteroatoms. The highest BCUT2D eigenvalue weighted by Crippen LogP contribution is 2.14. The van der Waals surface area contributed by atoms with Crippen LogP contribution in [-0.4, -0.2) is 46.7 Å². The average Bonchev–Trinajstić information content (AvgIpc) is 2.61. The summed E-state index contributed by atoms with van der Waals surface area (Å²) in [4.78, 5) is 11.3. The van der Waals surface area contributed by atoms with Crippen LogP contribution in [0.4, 0.5) is 0 Å². The summed E-state index contributed by atoms with van der Waals surface area (Å²) in [7, 11) is 0. The maximum absolute atomic E-state index is 11.3. The van der Waals surface area contributed by atoms with Gasteiger partial charge in [0.05, 0.1) is 12.7 Å². The van der Waals surface area contributed by atoms with Crippen molar-refractivity contribution in [2.45, 2.75) is 109 Å². The van der Waals surface area contributed by atoms with Crippen molar-refractivity contribution in [3.8, 4) is 0 Å². The summed E-state index contributed by atoms with van der Waals surface area (Å²) in [6.45, 7) is 2.22. The molecule has 0 fully saturated rings. The second-order valence-electron chi connectivity index (χ2n) is 6.87. The van der Waals surface area contributed by atoms with Gasteiger partial charge < -0.3 is 20.1 Å². The SMILES string of the molecule is CCOC(=O)C(O)C(O)CCCCCCCCCCCCCCCO. The molecule has 0 heterocycles. The van der Waals surface area contributed by atoms with E-state index < -0.39 is 18.2 Å². The van der Waals surface area contributed by atoms with Gasteiger partial charge in [0.15, 0.2) is 6.10 Å². The summed E-state index contributed by atoms with van der Waals surface area (Å²) in [6.07, 6.45) is 13.3. The number of hydrogen-bond donors (Lipinski definition) is 3. The van der Waals surface area contributed by atoms with Crippen LogP contribution in [0.1, 0.15) is 96.8 Å². The molecule has 0 aliphatic heterocycles. The average molecular weight is 361 g/mol. The smallest absolute Gasteiger partial charge is 0.337 e. The van der Waals surface area contributed by atoms with Crippen molar-refractivity contribution in [3.63, 3.8) is 0 Å². The molecule has 25 heavy (non-hydrogen) atoms. The summed E-state index contributed by atoms with van der Waals surface area (Å²) in [5, 5.41) is 28.0. The Morgan fingerprint density at radius 1 is 0.760 bits per heavy atom. The van der Waals surface area contributed by atoms with Gasteiger partial charge in [0.1, 0.15) is 0 Å². The molecule has 3 N–H and O–H groups in total. The minimum absolute atomic E-state index is 0.215. The summed E-state index contributed by atoms with van der Waals surface area (Å²) in [6, 6.07) is 0. The first-order chi connectivity index (χ1) is 12.1. The molecule has 0 aromatic heterocycles. The number of esters is 1. The normalized spacial score (nSPS) is 13.6. The van der Waals surface area contributed by atoms with Crippen LogP contribution in [0.2, 0.25) is 0 Å². The predicted octanol–water partition coefficient (Wildman–Crippen LogP) is 3.73. The third kappa shape index (κ3) is 15.3. The predicted molar refractivity (Wildman–Crippen MR) is 100 cm³/mol. The van der Waals surface area contributed by atoms with Gasteiger partial charge in [-0.3, -0.25) is 0 Å². The lowest BCUT2D eigenvalue weighted by molar-refractivity contribution is -0.159. The fraction of sp³-hybridized carbons (Fsp3) is 0.950. The summed E-state index contributed by atoms with van der Waals surface area (Å²) < 4.78 is 4.69. The number of hydrogen-bond acceptors (Lipinski definition) is 5. The number of aliphatic hydroxyl groups excluding tert-OH is 3. The van der Waals surface area contributed by atoms with Crippen LogP contribution < -0.4 is 0 Å². The molecule has 0 amide bonds. The Morgan fingerprint density at radius 2 is 1.16 bits per heavy atom. The maximum Gasteiger partial charge on any atom is 0.337 e. The Morgan fingerprint density at radius 3 is 1.56 bits per heavy atom. The molecule has 0 saturated heterocycles. The zero-order valence-electron chi connectivity index (χ0n) is 16.1. The van der Waals surface area contributed by atoms with Crippen molar-refractivity contribution in [1.82, 2.24) is 0 Å². The van der Waals surface area contributed by atoms with E-state index in [0.29, 0.717) is 13.0 Å². The molecular formula is C20H40O5. The van der Waals surface area contributed by atoms with Gasteiger partial charge in [0, 0.05) is 6.61 Å². The van der Waals surface area contributed by atoms with Crippen molar-refractivity contribution in [2.24, 2.45) is 0 Å². The van der Waals surface area contributed by atoms with E-state index in [-0.39, 0.29) is 6.61 Å². The highest BCUT2D eigenvalue weighted by Gasteiger charge is 2.24. The third-order valence-corrected chi connectivity index (χ3v) is 4.55. The molecule has 2 atom stereocenters. The molecule has 5 nitrogen and oxygen atoms in total. The largest absolute Gasteiger partial charge is 0.464 e. The summed E-state index contributed by atoms with van der Waals surface area (Å²) in [5.74, 6) is -0.733. The van der Waals surface area contributed by atoms with Gasteiger partial charge >= 0.3 is 5.97 Å². The van der Waals surface area contributed by atoms with Crippen molar-refractivity contribution >= 4 is 5.97 Å². The van der Waals surface area contributed by atoms with Gasteiger partial charge in [-0.1, -0.05) is 77.0 Å². The molecule has 0 spiro atoms. The summed E-state index contributed by atoms with van der Waals surface area (Å²) in [5.41, 5.74) is 0. The van der Waals surface area contributed by atoms with Crippen molar-refractivity contribution in [2.75, 3.05) is 13.2 Å². The molecule has 0 saturated carbocycles. The minimum atomic E-state index is -1.41. The lowest BCUT2D eigenvalue weighted by atomic mass is 10.0. The van der Waals surface area contributed by atoms with E-state index in [1.165, 1.54) is 51.4 Å². The van der Waals surface area contributed by atoms with Gasteiger partial charge in [-0.25, -0.2) is 4.79 Å². The van der Waals surface area contributed by atoms with E-state index in [9.17, 15) is 15.0 Å². The second-order valence-corrected chi connectivity index (χ2v) is 6.87. The fourth-order valence-electron chi connectivity index (χ4n) is 2.95. The molecule has 0 bridgehead atoms. The van der Waals surface area contributed by atoms with E-state index in [4.69, 9.17) is 5.11 Å². The van der Waals surface area contributed by atoms with Crippen LogP contribution in [0.15, 0.2) is 0 Å². The molecule has 150 valence electrons. The van der Waals surface area contributed by atoms with E-state index in [0.717, 1.165) is 32.1 Å². The van der Waals surface area contributed by atoms with Crippen LogP contribution >= 0.6 is 0 Å². The van der Waals surface area contributed by atoms with E-state index in [2.05, 4.69) is 4.74 Å². The van der Waals surface area contributed by atoms with Gasteiger partial charge in [-0.15, -0.1) is 0 Å². The molecule has 0 aromatic rings. The molecule has 0 aromatic carbocycles. The lowest BCUT2D eigenvalue weighted by Crippen LogP contribution is -2.35. The third-order valence-electron chi connectivity index (χ3n) is 4.55. The van der Waals surface area contributed by atoms with Crippen LogP contribution in [0.5, 0.6) is 0 Å². The topological polar surface area (TPSA) is 87.0 Å². The Balaban J connectivity index is 3.29. The Bertz CT molecular complexity index is 296. The number of rotatable bonds is 18. The zero-order chi connectivity index (χ0) is 18.8. The highest BCUT2D eigenvalue weighted by molar-refractivity contribution is 5.75. The van der Waals surface area contributed by atoms with E-state index >= 15 is 0 Å². The Labute approximate surface area is 153 Å². The molecular weight excluding hydrogens is 320 g/mol. The van der Waals surface area contributed by atoms with E-state index in [1.54, 1.807) is 6.92 Å². The second kappa shape index (κ2) is 18.2. The Kier molecular flexibility index (Phi) is 17.7. The fourth-order valence-corrected chi connectivity index (χ4v) is 2.95. The molecule has 0 rings (SSSR count). The van der Waals surface area contributed by atoms with Crippen molar-refractivity contribution < 1.29 is 24.9 Å². The standard InChI is InChI=1S/C20H40O5/c1-2-25-20(24)19(23)18(22)16-14-12-10-8-6-4-3-5-7-9-11-13-15-17-21/h18-19,21-23H,2-17H2,1H3. The minimum Gasteiger partial charge on any atom is -0.464 e. The van der Waals surface area contributed by atoms with Gasteiger partial charge in [0.25, 0.3) is 0 Å². The quantitative estimate of drug-likeness (QED) is 0.256. The Hall–Kier alpha value is -0.650. The zero-order valence-corrected chi connectivity index (χ0v) is 16.1. The van der Waals surface area contributed by atoms with Crippen LogP contribution in [-0.2, 0) is 9.53 Å². The van der Waals surface area contributed by atoms with Crippen molar-refractivity contribution in [1.29, 1.82) is 0 Å². The number of carbonyl (C=O) groups excluding carboxylic acids is 1. The maximum atomic E-state index is 11.3. The van der Waals surface area contributed by atoms with Crippen LogP contribution in [0.3, 0.4) is 0 Å². The molecule has 0 aliphatic rings. The van der Waals surface area contributed by atoms with Crippen LogP contribution in [0, 0.1) is 0 Å². The van der Waals surface area contributed by atoms with Gasteiger partial charge in [0.2, 0.25) is 0 Å². The monoisotopic (exact) mass is 360 g/mol. The van der Waals surface area contributed by atoms with Gasteiger partial charge in [-0.05, 0) is 19.8 Å². The number of ether oxygens (including phenoxy) is 1. The first-order valence-electron chi connectivity index (χ1n) is 10.3. The van der Waals surface area contributed by atoms with Crippen molar-refractivity contribution in [3.05, 3.63) is 0 Å². The highest BCUT2D eigenvalue weighted by atomic mass is 16.5. The van der Waals surface area contributed by atoms with Gasteiger partial charge in [-0.2, -0.15) is 0 Å². The van der Waals surface area contributed by atoms with Crippen LogP contribution in [0.25, 0.3) is 0 Å². The lowest BCUT2D eigenvalue weighted by Gasteiger charge is -2.16. The molecule has 0 aliphatic carbocycles. The number of carbonyl (C=O) groups is 1. The van der Waals surface area contributed by atoms with E-state index in [1.807, 2.05) is 0 Å². The molecule has 0 radical (unpaired) electrons. The first-order valence-corrected chi connectivity index (χ1v) is 10.3. The summed E-state index contributed by atoms with van der Waals surface area (Å²) >= 11 is 0. The molecule has 2 unspecified atom stereocenters. The number of unbranched alkanes of at least 4 members (excludes halogenated alkanes) is 12. The first kappa shape index (κ1) is 24.4.